The largest absolute Gasteiger partial charge is 0.486 e. The van der Waals surface area contributed by atoms with Crippen molar-refractivity contribution in [1.82, 2.24) is 4.57 Å². The molecule has 1 aliphatic heterocycles. The van der Waals surface area contributed by atoms with E-state index >= 15 is 0 Å². The molecular weight excluding hydrogens is 694 g/mol. The van der Waals surface area contributed by atoms with Crippen LogP contribution in [0.5, 0.6) is 5.75 Å². The summed E-state index contributed by atoms with van der Waals surface area (Å²) in [4.78, 5) is 32.0. The summed E-state index contributed by atoms with van der Waals surface area (Å²) in [5.41, 5.74) is 4.07. The lowest BCUT2D eigenvalue weighted by atomic mass is 9.95. The van der Waals surface area contributed by atoms with Gasteiger partial charge in [-0.25, -0.2) is 9.79 Å². The number of carbonyl (C=O) groups is 1. The van der Waals surface area contributed by atoms with Gasteiger partial charge in [0.05, 0.1) is 38.5 Å². The van der Waals surface area contributed by atoms with Crippen LogP contribution >= 0.6 is 57.1 Å². The van der Waals surface area contributed by atoms with Crippen molar-refractivity contribution >= 4 is 69.2 Å². The Bertz CT molecular complexity index is 1820. The van der Waals surface area contributed by atoms with Crippen LogP contribution < -0.4 is 19.6 Å². The summed E-state index contributed by atoms with van der Waals surface area (Å²) < 4.78 is 14.4. The van der Waals surface area contributed by atoms with Crippen molar-refractivity contribution in [3.8, 4) is 5.75 Å². The highest BCUT2D eigenvalue weighted by molar-refractivity contribution is 14.1. The summed E-state index contributed by atoms with van der Waals surface area (Å²) in [6.07, 6.45) is 1.72. The molecule has 0 saturated heterocycles. The van der Waals surface area contributed by atoms with Crippen LogP contribution in [0.4, 0.5) is 0 Å². The van der Waals surface area contributed by atoms with E-state index in [-0.39, 0.29) is 12.2 Å². The molecule has 0 saturated carbocycles. The van der Waals surface area contributed by atoms with Crippen molar-refractivity contribution in [2.75, 3.05) is 6.61 Å². The van der Waals surface area contributed by atoms with Gasteiger partial charge >= 0.3 is 5.97 Å². The number of aryl methyl sites for hydroxylation is 1. The summed E-state index contributed by atoms with van der Waals surface area (Å²) in [6, 6.07) is 18.5. The molecule has 1 aromatic heterocycles. The monoisotopic (exact) mass is 718 g/mol. The van der Waals surface area contributed by atoms with Crippen LogP contribution in [0.25, 0.3) is 6.08 Å². The smallest absolute Gasteiger partial charge is 0.338 e. The minimum Gasteiger partial charge on any atom is -0.486 e. The van der Waals surface area contributed by atoms with Crippen LogP contribution in [-0.4, -0.2) is 17.1 Å². The lowest BCUT2D eigenvalue weighted by Gasteiger charge is -2.24. The summed E-state index contributed by atoms with van der Waals surface area (Å²) in [6.45, 7) is 6.03. The van der Waals surface area contributed by atoms with Gasteiger partial charge in [0.15, 0.2) is 10.6 Å². The number of allylic oxidation sites excluding steroid dienone is 1. The second kappa shape index (κ2) is 12.5. The van der Waals surface area contributed by atoms with Gasteiger partial charge in [0, 0.05) is 3.57 Å². The topological polar surface area (TPSA) is 69.9 Å². The number of rotatable bonds is 7. The molecule has 4 aromatic rings. The van der Waals surface area contributed by atoms with Crippen LogP contribution in [0, 0.1) is 10.5 Å². The predicted octanol–water partition coefficient (Wildman–Crippen LogP) is 6.60. The zero-order valence-corrected chi connectivity index (χ0v) is 26.9. The number of esters is 1. The third kappa shape index (κ3) is 6.30. The number of hydrogen-bond acceptors (Lipinski definition) is 6. The molecule has 1 aliphatic rings. The Kier molecular flexibility index (Phi) is 9.03. The number of thiazole rings is 1. The third-order valence-electron chi connectivity index (χ3n) is 6.52. The summed E-state index contributed by atoms with van der Waals surface area (Å²) in [5.74, 6) is -0.118. The number of fused-ring (bicyclic) bond motifs is 1. The highest BCUT2D eigenvalue weighted by Gasteiger charge is 2.33. The van der Waals surface area contributed by atoms with Gasteiger partial charge in [-0.15, -0.1) is 0 Å². The standard InChI is InChI=1S/C31H25Cl2IN2O4S/c1-4-39-30(38)26-18(3)35-31-36(27(26)21-9-5-17(2)6-10-21)29(37)25(41-31)15-20-13-23(32)28(24(33)14-20)40-16-19-7-11-22(34)12-8-19/h5-15,27H,4,16H2,1-3H3/b25-15+/t27-/m0/s1. The number of benzene rings is 3. The Labute approximate surface area is 264 Å². The van der Waals surface area contributed by atoms with Crippen LogP contribution in [-0.2, 0) is 16.1 Å². The van der Waals surface area contributed by atoms with E-state index in [1.165, 1.54) is 11.3 Å². The molecule has 2 heterocycles. The van der Waals surface area contributed by atoms with Crippen molar-refractivity contribution < 1.29 is 14.3 Å². The molecule has 0 fully saturated rings. The van der Waals surface area contributed by atoms with E-state index in [4.69, 9.17) is 32.7 Å². The minimum absolute atomic E-state index is 0.215. The van der Waals surface area contributed by atoms with E-state index < -0.39 is 12.0 Å². The molecule has 210 valence electrons. The van der Waals surface area contributed by atoms with Crippen molar-refractivity contribution in [2.45, 2.75) is 33.4 Å². The van der Waals surface area contributed by atoms with E-state index in [0.717, 1.165) is 20.3 Å². The molecule has 0 radical (unpaired) electrons. The van der Waals surface area contributed by atoms with Gasteiger partial charge in [-0.1, -0.05) is 76.5 Å². The number of halogens is 3. The lowest BCUT2D eigenvalue weighted by Crippen LogP contribution is -2.39. The lowest BCUT2D eigenvalue weighted by molar-refractivity contribution is -0.139. The highest BCUT2D eigenvalue weighted by atomic mass is 127. The first kappa shape index (κ1) is 29.6. The van der Waals surface area contributed by atoms with Crippen molar-refractivity contribution in [3.63, 3.8) is 0 Å². The van der Waals surface area contributed by atoms with Gasteiger partial charge in [0.25, 0.3) is 5.56 Å². The first-order valence-corrected chi connectivity index (χ1v) is 15.4. The zero-order chi connectivity index (χ0) is 29.3. The van der Waals surface area contributed by atoms with E-state index in [1.807, 2.05) is 55.5 Å². The SMILES string of the molecule is CCOC(=O)C1=C(C)N=c2s/c(=C/c3cc(Cl)c(OCc4ccc(I)cc4)c(Cl)c3)c(=O)n2[C@H]1c1ccc(C)cc1. The number of nitrogens with zero attached hydrogens (tertiary/aromatic N) is 2. The number of ether oxygens (including phenoxy) is 2. The highest BCUT2D eigenvalue weighted by Crippen LogP contribution is 2.35. The first-order chi connectivity index (χ1) is 19.7. The van der Waals surface area contributed by atoms with Crippen LogP contribution in [0.2, 0.25) is 10.0 Å². The van der Waals surface area contributed by atoms with E-state index in [9.17, 15) is 9.59 Å². The van der Waals surface area contributed by atoms with Gasteiger partial charge in [-0.05, 0) is 90.4 Å². The van der Waals surface area contributed by atoms with Crippen molar-refractivity contribution in [1.29, 1.82) is 0 Å². The summed E-state index contributed by atoms with van der Waals surface area (Å²) >= 11 is 16.6. The van der Waals surface area contributed by atoms with Crippen molar-refractivity contribution in [3.05, 3.63) is 127 Å². The molecule has 3 aromatic carbocycles. The van der Waals surface area contributed by atoms with Crippen molar-refractivity contribution in [2.24, 2.45) is 4.99 Å². The number of hydrogen-bond donors (Lipinski definition) is 0. The zero-order valence-electron chi connectivity index (χ0n) is 22.4. The molecule has 1 atom stereocenters. The maximum Gasteiger partial charge on any atom is 0.338 e. The number of carbonyl (C=O) groups excluding carboxylic acids is 1. The van der Waals surface area contributed by atoms with Gasteiger partial charge in [0.1, 0.15) is 6.61 Å². The van der Waals surface area contributed by atoms with Crippen LogP contribution in [0.15, 0.2) is 81.7 Å². The summed E-state index contributed by atoms with van der Waals surface area (Å²) in [7, 11) is 0. The molecule has 0 unspecified atom stereocenters. The molecule has 0 N–H and O–H groups in total. The fraction of sp³-hybridized carbons (Fsp3) is 0.194. The Hall–Kier alpha value is -2.92. The fourth-order valence-corrected chi connectivity index (χ4v) is 6.56. The molecule has 10 heteroatoms. The Morgan fingerprint density at radius 3 is 2.37 bits per heavy atom. The Balaban J connectivity index is 1.54. The van der Waals surface area contributed by atoms with E-state index in [0.29, 0.717) is 48.6 Å². The molecule has 0 aliphatic carbocycles. The van der Waals surface area contributed by atoms with Gasteiger partial charge in [-0.3, -0.25) is 9.36 Å². The first-order valence-electron chi connectivity index (χ1n) is 12.8. The average Bonchev–Trinajstić information content (AvgIpc) is 3.23. The maximum absolute atomic E-state index is 13.8. The average molecular weight is 719 g/mol. The Morgan fingerprint density at radius 1 is 1.07 bits per heavy atom. The van der Waals surface area contributed by atoms with E-state index in [2.05, 4.69) is 27.6 Å². The molecule has 0 bridgehead atoms. The molecule has 0 spiro atoms. The number of aromatic nitrogens is 1. The fourth-order valence-electron chi connectivity index (χ4n) is 4.54. The molecule has 41 heavy (non-hydrogen) atoms. The molecule has 5 rings (SSSR count). The summed E-state index contributed by atoms with van der Waals surface area (Å²) in [5, 5.41) is 0.667. The van der Waals surface area contributed by atoms with Gasteiger partial charge in [-0.2, -0.15) is 0 Å². The van der Waals surface area contributed by atoms with Crippen LogP contribution in [0.3, 0.4) is 0 Å². The Morgan fingerprint density at radius 2 is 1.73 bits per heavy atom. The predicted molar refractivity (Wildman–Crippen MR) is 172 cm³/mol. The van der Waals surface area contributed by atoms with Gasteiger partial charge in [0.2, 0.25) is 0 Å². The normalized spacial score (nSPS) is 15.0. The maximum atomic E-state index is 13.8. The molecule has 6 nitrogen and oxygen atoms in total. The second-order valence-corrected chi connectivity index (χ2v) is 12.5. The van der Waals surface area contributed by atoms with Gasteiger partial charge < -0.3 is 9.47 Å². The third-order valence-corrected chi connectivity index (χ3v) is 8.79. The second-order valence-electron chi connectivity index (χ2n) is 9.44. The molecular formula is C31H25Cl2IN2O4S. The quantitative estimate of drug-likeness (QED) is 0.160. The molecule has 0 amide bonds. The minimum atomic E-state index is -0.669. The van der Waals surface area contributed by atoms with E-state index in [1.54, 1.807) is 36.6 Å². The van der Waals surface area contributed by atoms with Crippen LogP contribution in [0.1, 0.15) is 42.1 Å².